The van der Waals surface area contributed by atoms with Crippen LogP contribution in [0.2, 0.25) is 0 Å². The highest BCUT2D eigenvalue weighted by Crippen LogP contribution is 2.19. The van der Waals surface area contributed by atoms with Crippen LogP contribution in [-0.2, 0) is 17.1 Å². The van der Waals surface area contributed by atoms with Gasteiger partial charge < -0.3 is 5.32 Å². The molecule has 0 bridgehead atoms. The molecule has 1 aliphatic heterocycles. The third kappa shape index (κ3) is 2.57. The molecule has 0 unspecified atom stereocenters. The van der Waals surface area contributed by atoms with Gasteiger partial charge >= 0.3 is 0 Å². The van der Waals surface area contributed by atoms with Gasteiger partial charge in [0.25, 0.3) is 0 Å². The third-order valence-electron chi connectivity index (χ3n) is 3.33. The van der Waals surface area contributed by atoms with Crippen LogP contribution in [0.1, 0.15) is 24.2 Å². The molecule has 0 radical (unpaired) electrons. The molecular weight excluding hydrogens is 252 g/mol. The SMILES string of the molecule is Cc1nn(C)c(C)c1S(=O)(=O)N[C@@H]1CCCNC1. The molecule has 2 heterocycles. The smallest absolute Gasteiger partial charge is 0.244 e. The monoisotopic (exact) mass is 272 g/mol. The molecule has 102 valence electrons. The van der Waals surface area contributed by atoms with E-state index in [1.54, 1.807) is 25.6 Å². The average Bonchev–Trinajstić information content (AvgIpc) is 2.54. The highest BCUT2D eigenvalue weighted by Gasteiger charge is 2.27. The number of rotatable bonds is 3. The minimum atomic E-state index is -3.47. The lowest BCUT2D eigenvalue weighted by Gasteiger charge is -2.23. The maximum atomic E-state index is 12.4. The number of sulfonamides is 1. The van der Waals surface area contributed by atoms with E-state index in [0.717, 1.165) is 19.4 Å². The quantitative estimate of drug-likeness (QED) is 0.816. The van der Waals surface area contributed by atoms with Crippen molar-refractivity contribution >= 4 is 10.0 Å². The first-order chi connectivity index (χ1) is 8.42. The molecule has 18 heavy (non-hydrogen) atoms. The first-order valence-electron chi connectivity index (χ1n) is 6.15. The number of aromatic nitrogens is 2. The fraction of sp³-hybridized carbons (Fsp3) is 0.727. The van der Waals surface area contributed by atoms with Crippen LogP contribution in [0.3, 0.4) is 0 Å². The first kappa shape index (κ1) is 13.5. The predicted molar refractivity (Wildman–Crippen MR) is 68.9 cm³/mol. The van der Waals surface area contributed by atoms with Crippen molar-refractivity contribution in [3.8, 4) is 0 Å². The van der Waals surface area contributed by atoms with Crippen molar-refractivity contribution in [1.82, 2.24) is 19.8 Å². The maximum Gasteiger partial charge on any atom is 0.244 e. The predicted octanol–water partition coefficient (Wildman–Crippen LogP) is 0.0672. The van der Waals surface area contributed by atoms with E-state index in [0.29, 0.717) is 22.8 Å². The summed E-state index contributed by atoms with van der Waals surface area (Å²) < 4.78 is 29.1. The van der Waals surface area contributed by atoms with Crippen molar-refractivity contribution in [2.24, 2.45) is 7.05 Å². The average molecular weight is 272 g/mol. The second kappa shape index (κ2) is 4.99. The summed E-state index contributed by atoms with van der Waals surface area (Å²) in [4.78, 5) is 0.315. The largest absolute Gasteiger partial charge is 0.315 e. The van der Waals surface area contributed by atoms with E-state index in [1.165, 1.54) is 0 Å². The Bertz CT molecular complexity index is 529. The molecule has 0 spiro atoms. The van der Waals surface area contributed by atoms with Gasteiger partial charge in [0.05, 0.1) is 11.4 Å². The zero-order valence-corrected chi connectivity index (χ0v) is 11.8. The van der Waals surface area contributed by atoms with E-state index >= 15 is 0 Å². The summed E-state index contributed by atoms with van der Waals surface area (Å²) in [5.74, 6) is 0. The topological polar surface area (TPSA) is 76.0 Å². The lowest BCUT2D eigenvalue weighted by Crippen LogP contribution is -2.45. The van der Waals surface area contributed by atoms with E-state index in [2.05, 4.69) is 15.1 Å². The van der Waals surface area contributed by atoms with Gasteiger partial charge in [-0.15, -0.1) is 0 Å². The van der Waals surface area contributed by atoms with Gasteiger partial charge in [0, 0.05) is 19.6 Å². The minimum absolute atomic E-state index is 0.0252. The molecule has 1 aromatic heterocycles. The summed E-state index contributed by atoms with van der Waals surface area (Å²) in [5.41, 5.74) is 1.22. The van der Waals surface area contributed by atoms with E-state index < -0.39 is 10.0 Å². The molecule has 1 aliphatic rings. The fourth-order valence-electron chi connectivity index (χ4n) is 2.37. The van der Waals surface area contributed by atoms with Gasteiger partial charge in [0.1, 0.15) is 4.90 Å². The molecule has 2 rings (SSSR count). The number of nitrogens with one attached hydrogen (secondary N) is 2. The van der Waals surface area contributed by atoms with Crippen LogP contribution in [0.15, 0.2) is 4.90 Å². The Morgan fingerprint density at radius 2 is 2.17 bits per heavy atom. The zero-order chi connectivity index (χ0) is 13.3. The molecule has 2 N–H and O–H groups in total. The summed E-state index contributed by atoms with van der Waals surface area (Å²) in [6.07, 6.45) is 1.88. The van der Waals surface area contributed by atoms with E-state index in [-0.39, 0.29) is 6.04 Å². The second-order valence-corrected chi connectivity index (χ2v) is 6.44. The molecule has 0 aromatic carbocycles. The van der Waals surface area contributed by atoms with Crippen molar-refractivity contribution in [2.75, 3.05) is 13.1 Å². The van der Waals surface area contributed by atoms with Crippen molar-refractivity contribution < 1.29 is 8.42 Å². The zero-order valence-electron chi connectivity index (χ0n) is 11.0. The van der Waals surface area contributed by atoms with Crippen molar-refractivity contribution in [3.63, 3.8) is 0 Å². The summed E-state index contributed by atoms with van der Waals surface area (Å²) in [6.45, 7) is 5.15. The lowest BCUT2D eigenvalue weighted by molar-refractivity contribution is 0.428. The number of hydrogen-bond acceptors (Lipinski definition) is 4. The van der Waals surface area contributed by atoms with Gasteiger partial charge in [0.2, 0.25) is 10.0 Å². The fourth-order valence-corrected chi connectivity index (χ4v) is 4.08. The van der Waals surface area contributed by atoms with Crippen LogP contribution < -0.4 is 10.0 Å². The highest BCUT2D eigenvalue weighted by molar-refractivity contribution is 7.89. The lowest BCUT2D eigenvalue weighted by atomic mass is 10.1. The van der Waals surface area contributed by atoms with Gasteiger partial charge in [-0.25, -0.2) is 13.1 Å². The van der Waals surface area contributed by atoms with Crippen LogP contribution >= 0.6 is 0 Å². The molecule has 1 fully saturated rings. The Morgan fingerprint density at radius 3 is 2.67 bits per heavy atom. The molecule has 7 heteroatoms. The standard InChI is InChI=1S/C11H20N4O2S/c1-8-11(9(2)15(3)13-8)18(16,17)14-10-5-4-6-12-7-10/h10,12,14H,4-7H2,1-3H3/t10-/m1/s1. The van der Waals surface area contributed by atoms with Gasteiger partial charge in [-0.05, 0) is 33.2 Å². The van der Waals surface area contributed by atoms with Crippen LogP contribution in [-0.4, -0.2) is 37.3 Å². The number of piperidine rings is 1. The van der Waals surface area contributed by atoms with E-state index in [1.807, 2.05) is 0 Å². The summed E-state index contributed by atoms with van der Waals surface area (Å²) in [7, 11) is -1.72. The first-order valence-corrected chi connectivity index (χ1v) is 7.63. The molecule has 1 atom stereocenters. The number of hydrogen-bond donors (Lipinski definition) is 2. The molecule has 0 saturated carbocycles. The second-order valence-electron chi connectivity index (χ2n) is 4.79. The molecular formula is C11H20N4O2S. The van der Waals surface area contributed by atoms with Crippen LogP contribution in [0, 0.1) is 13.8 Å². The Hall–Kier alpha value is -0.920. The normalized spacial score (nSPS) is 21.2. The molecule has 6 nitrogen and oxygen atoms in total. The third-order valence-corrected chi connectivity index (χ3v) is 5.10. The van der Waals surface area contributed by atoms with E-state index in [4.69, 9.17) is 0 Å². The Labute approximate surface area is 108 Å². The summed E-state index contributed by atoms with van der Waals surface area (Å²) in [5, 5.41) is 7.35. The van der Waals surface area contributed by atoms with Gasteiger partial charge in [-0.3, -0.25) is 4.68 Å². The molecule has 0 amide bonds. The Morgan fingerprint density at radius 1 is 1.44 bits per heavy atom. The van der Waals surface area contributed by atoms with Crippen LogP contribution in [0.25, 0.3) is 0 Å². The van der Waals surface area contributed by atoms with Crippen LogP contribution in [0.4, 0.5) is 0 Å². The van der Waals surface area contributed by atoms with Crippen molar-refractivity contribution in [2.45, 2.75) is 37.6 Å². The summed E-state index contributed by atoms with van der Waals surface area (Å²) >= 11 is 0. The minimum Gasteiger partial charge on any atom is -0.315 e. The van der Waals surface area contributed by atoms with Gasteiger partial charge in [-0.1, -0.05) is 0 Å². The van der Waals surface area contributed by atoms with Crippen LogP contribution in [0.5, 0.6) is 0 Å². The summed E-state index contributed by atoms with van der Waals surface area (Å²) in [6, 6.07) is -0.0252. The van der Waals surface area contributed by atoms with Crippen molar-refractivity contribution in [3.05, 3.63) is 11.4 Å². The highest BCUT2D eigenvalue weighted by atomic mass is 32.2. The maximum absolute atomic E-state index is 12.4. The molecule has 0 aliphatic carbocycles. The van der Waals surface area contributed by atoms with Gasteiger partial charge in [-0.2, -0.15) is 5.10 Å². The Balaban J connectivity index is 2.24. The van der Waals surface area contributed by atoms with Crippen molar-refractivity contribution in [1.29, 1.82) is 0 Å². The number of aryl methyl sites for hydroxylation is 2. The van der Waals surface area contributed by atoms with E-state index in [9.17, 15) is 8.42 Å². The Kier molecular flexibility index (Phi) is 3.74. The molecule has 1 aromatic rings. The van der Waals surface area contributed by atoms with Gasteiger partial charge in [0.15, 0.2) is 0 Å². The molecule has 1 saturated heterocycles. The number of nitrogens with zero attached hydrogens (tertiary/aromatic N) is 2.